The van der Waals surface area contributed by atoms with Crippen LogP contribution in [0.15, 0.2) is 145 Å². The standard InChI is InChI=1S/C47H47N3/c1-3-11-32(12-4-1)36-27-37(33-23-25-48-26-24-33)29-39(28-36)50-45-18-10-8-16-41(45)43-30-34(20-22-46(43)50)35-19-21-42-40-15-7-9-17-44(40)49(47(42)31-35)38-13-5-2-6-14-38/h1,3-4,7,9-11,13,15,17-18,20,22-25,27-32,40-41,44-45,48H,2,5-6,8,12,14,16,19,21,26H2. The smallest absolute Gasteiger partial charge is 0.0623 e. The molecule has 0 fully saturated rings. The minimum Gasteiger partial charge on any atom is -0.387 e. The minimum atomic E-state index is 0.344. The summed E-state index contributed by atoms with van der Waals surface area (Å²) in [6.45, 7) is 0.874. The summed E-state index contributed by atoms with van der Waals surface area (Å²) in [5, 5.41) is 3.34. The van der Waals surface area contributed by atoms with E-state index in [9.17, 15) is 0 Å². The number of nitrogens with zero attached hydrogens (tertiary/aromatic N) is 2. The lowest BCUT2D eigenvalue weighted by Gasteiger charge is -2.34. The third kappa shape index (κ3) is 5.08. The Bertz CT molecular complexity index is 2040. The Labute approximate surface area is 297 Å². The van der Waals surface area contributed by atoms with E-state index >= 15 is 0 Å². The average Bonchev–Trinajstić information content (AvgIpc) is 3.71. The van der Waals surface area contributed by atoms with Crippen molar-refractivity contribution in [3.8, 4) is 0 Å². The van der Waals surface area contributed by atoms with E-state index < -0.39 is 0 Å². The lowest BCUT2D eigenvalue weighted by molar-refractivity contribution is 0.349. The molecule has 0 bridgehead atoms. The van der Waals surface area contributed by atoms with E-state index in [4.69, 9.17) is 0 Å². The van der Waals surface area contributed by atoms with Gasteiger partial charge in [0.1, 0.15) is 0 Å². The Balaban J connectivity index is 1.05. The van der Waals surface area contributed by atoms with Crippen molar-refractivity contribution in [2.24, 2.45) is 5.92 Å². The van der Waals surface area contributed by atoms with Gasteiger partial charge in [0.15, 0.2) is 0 Å². The lowest BCUT2D eigenvalue weighted by Crippen LogP contribution is -2.32. The highest BCUT2D eigenvalue weighted by Gasteiger charge is 2.42. The number of hydrogen-bond donors (Lipinski definition) is 1. The van der Waals surface area contributed by atoms with E-state index in [0.717, 1.165) is 32.2 Å². The summed E-state index contributed by atoms with van der Waals surface area (Å²) in [4.78, 5) is 5.40. The molecule has 0 saturated heterocycles. The highest BCUT2D eigenvalue weighted by molar-refractivity contribution is 5.83. The van der Waals surface area contributed by atoms with Crippen LogP contribution in [0.5, 0.6) is 0 Å². The number of hydrogen-bond acceptors (Lipinski definition) is 3. The van der Waals surface area contributed by atoms with Crippen molar-refractivity contribution >= 4 is 22.5 Å². The molecule has 5 aliphatic carbocycles. The van der Waals surface area contributed by atoms with Gasteiger partial charge in [0.25, 0.3) is 0 Å². The van der Waals surface area contributed by atoms with Gasteiger partial charge in [0, 0.05) is 47.1 Å². The molecule has 5 unspecified atom stereocenters. The first-order chi connectivity index (χ1) is 24.8. The maximum Gasteiger partial charge on any atom is 0.0623 e. The summed E-state index contributed by atoms with van der Waals surface area (Å²) in [6.07, 6.45) is 46.0. The fourth-order valence-corrected chi connectivity index (χ4v) is 10.0. The number of rotatable bonds is 5. The first kappa shape index (κ1) is 30.1. The van der Waals surface area contributed by atoms with Gasteiger partial charge in [0.2, 0.25) is 0 Å². The van der Waals surface area contributed by atoms with Crippen LogP contribution in [0.25, 0.3) is 11.1 Å². The molecule has 0 radical (unpaired) electrons. The van der Waals surface area contributed by atoms with Crippen LogP contribution in [0.1, 0.15) is 91.9 Å². The summed E-state index contributed by atoms with van der Waals surface area (Å²) in [5.74, 6) is 1.42. The van der Waals surface area contributed by atoms with Crippen LogP contribution in [-0.4, -0.2) is 23.5 Å². The molecule has 0 aromatic heterocycles. The van der Waals surface area contributed by atoms with Gasteiger partial charge >= 0.3 is 0 Å². The zero-order valence-electron chi connectivity index (χ0n) is 29.0. The largest absolute Gasteiger partial charge is 0.387 e. The number of anilines is 2. The first-order valence-electron chi connectivity index (χ1n) is 19.3. The average molecular weight is 654 g/mol. The Morgan fingerprint density at radius 1 is 0.740 bits per heavy atom. The molecule has 2 aromatic rings. The summed E-state index contributed by atoms with van der Waals surface area (Å²) in [7, 11) is 0. The molecule has 5 atom stereocenters. The van der Waals surface area contributed by atoms with Crippen molar-refractivity contribution in [1.82, 2.24) is 10.2 Å². The zero-order valence-corrected chi connectivity index (χ0v) is 29.0. The summed E-state index contributed by atoms with van der Waals surface area (Å²) in [6, 6.07) is 15.6. The maximum absolute atomic E-state index is 3.34. The Hall–Kier alpha value is -4.76. The fraction of sp³-hybridized carbons (Fsp3) is 0.319. The molecular weight excluding hydrogens is 607 g/mol. The van der Waals surface area contributed by atoms with Crippen molar-refractivity contribution in [2.45, 2.75) is 81.7 Å². The van der Waals surface area contributed by atoms with E-state index in [2.05, 4.69) is 143 Å². The summed E-state index contributed by atoms with van der Waals surface area (Å²) < 4.78 is 0. The van der Waals surface area contributed by atoms with E-state index in [1.165, 1.54) is 82.6 Å². The molecule has 3 heteroatoms. The minimum absolute atomic E-state index is 0.344. The van der Waals surface area contributed by atoms with Gasteiger partial charge in [-0.25, -0.2) is 0 Å². The second-order valence-electron chi connectivity index (χ2n) is 15.3. The van der Waals surface area contributed by atoms with Crippen molar-refractivity contribution < 1.29 is 0 Å². The van der Waals surface area contributed by atoms with Gasteiger partial charge in [-0.15, -0.1) is 0 Å². The Morgan fingerprint density at radius 3 is 2.58 bits per heavy atom. The summed E-state index contributed by atoms with van der Waals surface area (Å²) >= 11 is 0. The van der Waals surface area contributed by atoms with Crippen molar-refractivity contribution in [2.75, 3.05) is 11.4 Å². The van der Waals surface area contributed by atoms with Crippen LogP contribution in [0.4, 0.5) is 11.4 Å². The van der Waals surface area contributed by atoms with E-state index in [-0.39, 0.29) is 0 Å². The highest BCUT2D eigenvalue weighted by atomic mass is 15.2. The molecular formula is C47H47N3. The quantitative estimate of drug-likeness (QED) is 0.324. The number of allylic oxidation sites excluding steroid dienone is 13. The lowest BCUT2D eigenvalue weighted by atomic mass is 9.82. The molecule has 10 rings (SSSR count). The molecule has 50 heavy (non-hydrogen) atoms. The van der Waals surface area contributed by atoms with Crippen molar-refractivity contribution in [3.05, 3.63) is 167 Å². The normalized spacial score (nSPS) is 28.9. The monoisotopic (exact) mass is 653 g/mol. The number of benzene rings is 2. The molecule has 0 amide bonds. The van der Waals surface area contributed by atoms with Gasteiger partial charge in [-0.05, 0) is 139 Å². The van der Waals surface area contributed by atoms with Crippen LogP contribution in [0.2, 0.25) is 0 Å². The van der Waals surface area contributed by atoms with E-state index in [1.807, 2.05) is 0 Å². The zero-order chi connectivity index (χ0) is 33.0. The third-order valence-electron chi connectivity index (χ3n) is 12.5. The topological polar surface area (TPSA) is 18.5 Å². The molecule has 0 saturated carbocycles. The molecule has 8 aliphatic rings. The SMILES string of the molecule is C1=CCC(c2cc(C3=CCNC=C3)cc(N3c4ccc(C5=CC6=C(CC5)C5C=CC=CC5N6C5=CCCCC5)cc4C4CCC=CC43)c2)C=C1. The van der Waals surface area contributed by atoms with Crippen LogP contribution in [-0.2, 0) is 0 Å². The van der Waals surface area contributed by atoms with Gasteiger partial charge < -0.3 is 15.1 Å². The van der Waals surface area contributed by atoms with Gasteiger partial charge in [0.05, 0.1) is 12.1 Å². The second-order valence-corrected chi connectivity index (χ2v) is 15.3. The molecule has 3 nitrogen and oxygen atoms in total. The molecule has 1 N–H and O–H groups in total. The highest BCUT2D eigenvalue weighted by Crippen LogP contribution is 2.52. The molecule has 3 aliphatic heterocycles. The van der Waals surface area contributed by atoms with Crippen LogP contribution in [0, 0.1) is 5.92 Å². The van der Waals surface area contributed by atoms with E-state index in [0.29, 0.717) is 29.8 Å². The first-order valence-corrected chi connectivity index (χ1v) is 19.3. The maximum atomic E-state index is 3.34. The van der Waals surface area contributed by atoms with Gasteiger partial charge in [-0.1, -0.05) is 85.0 Å². The molecule has 3 heterocycles. The van der Waals surface area contributed by atoms with Crippen LogP contribution < -0.4 is 10.2 Å². The molecule has 250 valence electrons. The van der Waals surface area contributed by atoms with Crippen molar-refractivity contribution in [3.63, 3.8) is 0 Å². The van der Waals surface area contributed by atoms with E-state index in [1.54, 1.807) is 11.3 Å². The summed E-state index contributed by atoms with van der Waals surface area (Å²) in [5.41, 5.74) is 15.9. The van der Waals surface area contributed by atoms with Crippen molar-refractivity contribution in [1.29, 1.82) is 0 Å². The third-order valence-corrected chi connectivity index (χ3v) is 12.5. The number of nitrogens with one attached hydrogen (secondary N) is 1. The number of dihydropyridines is 1. The predicted molar refractivity (Wildman–Crippen MR) is 209 cm³/mol. The Kier molecular flexibility index (Phi) is 7.54. The van der Waals surface area contributed by atoms with Crippen LogP contribution in [0.3, 0.4) is 0 Å². The molecule has 2 aromatic carbocycles. The molecule has 0 spiro atoms. The fourth-order valence-electron chi connectivity index (χ4n) is 10.0. The van der Waals surface area contributed by atoms with Gasteiger partial charge in [-0.2, -0.15) is 0 Å². The Morgan fingerprint density at radius 2 is 1.70 bits per heavy atom. The number of fused-ring (bicyclic) bond motifs is 5. The van der Waals surface area contributed by atoms with Gasteiger partial charge in [-0.3, -0.25) is 0 Å². The van der Waals surface area contributed by atoms with Crippen LogP contribution >= 0.6 is 0 Å². The predicted octanol–water partition coefficient (Wildman–Crippen LogP) is 11.1. The second kappa shape index (κ2) is 12.5.